The Hall–Kier alpha value is -1.46. The molecule has 116 valence electrons. The first-order chi connectivity index (χ1) is 10.1. The molecule has 1 fully saturated rings. The van der Waals surface area contributed by atoms with E-state index in [9.17, 15) is 4.79 Å². The summed E-state index contributed by atoms with van der Waals surface area (Å²) in [5, 5.41) is 0. The van der Waals surface area contributed by atoms with Crippen molar-refractivity contribution in [3.05, 3.63) is 30.1 Å². The second kappa shape index (κ2) is 7.52. The van der Waals surface area contributed by atoms with Gasteiger partial charge in [-0.3, -0.25) is 9.78 Å². The number of hydrogen-bond acceptors (Lipinski definition) is 4. The molecule has 2 rings (SSSR count). The normalized spacial score (nSPS) is 21.7. The van der Waals surface area contributed by atoms with Crippen LogP contribution in [0.15, 0.2) is 24.5 Å². The lowest BCUT2D eigenvalue weighted by atomic mass is 10.0. The average Bonchev–Trinajstić information content (AvgIpc) is 2.90. The van der Waals surface area contributed by atoms with E-state index < -0.39 is 0 Å². The molecule has 1 aliphatic rings. The predicted molar refractivity (Wildman–Crippen MR) is 83.5 cm³/mol. The van der Waals surface area contributed by atoms with Gasteiger partial charge in [0.25, 0.3) is 0 Å². The van der Waals surface area contributed by atoms with E-state index in [0.29, 0.717) is 6.54 Å². The Balaban J connectivity index is 2.05. The number of amides is 1. The van der Waals surface area contributed by atoms with Gasteiger partial charge < -0.3 is 15.5 Å². The van der Waals surface area contributed by atoms with Gasteiger partial charge >= 0.3 is 0 Å². The molecule has 0 bridgehead atoms. The Kier molecular flexibility index (Phi) is 5.70. The second-order valence-electron chi connectivity index (χ2n) is 6.13. The highest BCUT2D eigenvalue weighted by molar-refractivity contribution is 5.80. The fourth-order valence-corrected chi connectivity index (χ4v) is 2.83. The molecule has 0 saturated heterocycles. The van der Waals surface area contributed by atoms with E-state index in [1.807, 2.05) is 37.3 Å². The summed E-state index contributed by atoms with van der Waals surface area (Å²) in [5.41, 5.74) is 7.16. The topological polar surface area (TPSA) is 62.5 Å². The van der Waals surface area contributed by atoms with Gasteiger partial charge in [0.1, 0.15) is 0 Å². The van der Waals surface area contributed by atoms with Crippen molar-refractivity contribution in [3.8, 4) is 0 Å². The van der Waals surface area contributed by atoms with Crippen LogP contribution in [0.3, 0.4) is 0 Å². The number of pyridine rings is 1. The molecule has 0 aromatic carbocycles. The number of nitrogens with two attached hydrogens (primary N) is 1. The third-order valence-electron chi connectivity index (χ3n) is 4.11. The first-order valence-electron chi connectivity index (χ1n) is 7.66. The van der Waals surface area contributed by atoms with Crippen LogP contribution in [-0.4, -0.2) is 53.9 Å². The summed E-state index contributed by atoms with van der Waals surface area (Å²) >= 11 is 0. The van der Waals surface area contributed by atoms with Gasteiger partial charge in [0.05, 0.1) is 5.92 Å². The first kappa shape index (κ1) is 15.9. The van der Waals surface area contributed by atoms with Gasteiger partial charge in [0.2, 0.25) is 5.91 Å². The fourth-order valence-electron chi connectivity index (χ4n) is 2.83. The largest absolute Gasteiger partial charge is 0.337 e. The average molecular weight is 290 g/mol. The quantitative estimate of drug-likeness (QED) is 0.852. The summed E-state index contributed by atoms with van der Waals surface area (Å²) in [6.07, 6.45) is 6.52. The molecule has 1 amide bonds. The molecule has 2 unspecified atom stereocenters. The maximum Gasteiger partial charge on any atom is 0.227 e. The van der Waals surface area contributed by atoms with Crippen molar-refractivity contribution < 1.29 is 4.79 Å². The lowest BCUT2D eigenvalue weighted by molar-refractivity contribution is -0.136. The van der Waals surface area contributed by atoms with Crippen molar-refractivity contribution in [2.75, 3.05) is 27.2 Å². The summed E-state index contributed by atoms with van der Waals surface area (Å²) in [6, 6.07) is 3.94. The maximum atomic E-state index is 12.8. The molecule has 1 aromatic heterocycles. The van der Waals surface area contributed by atoms with Gasteiger partial charge in [-0.2, -0.15) is 0 Å². The Morgan fingerprint density at radius 1 is 1.38 bits per heavy atom. The van der Waals surface area contributed by atoms with E-state index in [-0.39, 0.29) is 17.9 Å². The number of carbonyl (C=O) groups excluding carboxylic acids is 1. The standard InChI is InChI=1S/C16H26N4O/c1-19(2)9-10-20(12-13-5-4-8-18-11-13)16(21)14-6-3-7-15(14)17/h4-5,8,11,14-15H,3,6-7,9-10,12,17H2,1-2H3. The van der Waals surface area contributed by atoms with Crippen LogP contribution in [0.2, 0.25) is 0 Å². The van der Waals surface area contributed by atoms with E-state index >= 15 is 0 Å². The van der Waals surface area contributed by atoms with Crippen molar-refractivity contribution >= 4 is 5.91 Å². The zero-order chi connectivity index (χ0) is 15.2. The molecule has 0 spiro atoms. The highest BCUT2D eigenvalue weighted by atomic mass is 16.2. The molecule has 0 aliphatic heterocycles. The summed E-state index contributed by atoms with van der Waals surface area (Å²) in [7, 11) is 4.04. The van der Waals surface area contributed by atoms with E-state index in [0.717, 1.165) is 37.9 Å². The Morgan fingerprint density at radius 3 is 2.76 bits per heavy atom. The van der Waals surface area contributed by atoms with Crippen molar-refractivity contribution in [3.63, 3.8) is 0 Å². The van der Waals surface area contributed by atoms with Gasteiger partial charge in [-0.1, -0.05) is 12.5 Å². The third kappa shape index (κ3) is 4.51. The van der Waals surface area contributed by atoms with Crippen LogP contribution in [0.25, 0.3) is 0 Å². The number of hydrogen-bond donors (Lipinski definition) is 1. The molecule has 2 atom stereocenters. The summed E-state index contributed by atoms with van der Waals surface area (Å²) < 4.78 is 0. The van der Waals surface area contributed by atoms with Gasteiger partial charge in [0, 0.05) is 38.1 Å². The van der Waals surface area contributed by atoms with Gasteiger partial charge in [-0.25, -0.2) is 0 Å². The van der Waals surface area contributed by atoms with Crippen LogP contribution in [0, 0.1) is 5.92 Å². The van der Waals surface area contributed by atoms with Crippen LogP contribution >= 0.6 is 0 Å². The minimum atomic E-state index is -0.0103. The Labute approximate surface area is 127 Å². The monoisotopic (exact) mass is 290 g/mol. The van der Waals surface area contributed by atoms with Crippen molar-refractivity contribution in [2.45, 2.75) is 31.8 Å². The van der Waals surface area contributed by atoms with Crippen molar-refractivity contribution in [1.29, 1.82) is 0 Å². The molecule has 0 radical (unpaired) electrons. The van der Waals surface area contributed by atoms with Crippen LogP contribution in [-0.2, 0) is 11.3 Å². The first-order valence-corrected chi connectivity index (χ1v) is 7.66. The van der Waals surface area contributed by atoms with Crippen molar-refractivity contribution in [2.24, 2.45) is 11.7 Å². The fraction of sp³-hybridized carbons (Fsp3) is 0.625. The van der Waals surface area contributed by atoms with Gasteiger partial charge in [-0.05, 0) is 38.6 Å². The maximum absolute atomic E-state index is 12.8. The molecule has 1 aliphatic carbocycles. The number of aromatic nitrogens is 1. The summed E-state index contributed by atoms with van der Waals surface area (Å²) in [4.78, 5) is 20.9. The lowest BCUT2D eigenvalue weighted by Crippen LogP contribution is -2.43. The minimum Gasteiger partial charge on any atom is -0.337 e. The minimum absolute atomic E-state index is 0.0103. The van der Waals surface area contributed by atoms with Crippen LogP contribution in [0.4, 0.5) is 0 Å². The lowest BCUT2D eigenvalue weighted by Gasteiger charge is -2.28. The molecule has 1 saturated carbocycles. The molecule has 5 nitrogen and oxygen atoms in total. The molecule has 1 aromatic rings. The molecule has 21 heavy (non-hydrogen) atoms. The van der Waals surface area contributed by atoms with E-state index in [1.54, 1.807) is 6.20 Å². The SMILES string of the molecule is CN(C)CCN(Cc1cccnc1)C(=O)C1CCCC1N. The van der Waals surface area contributed by atoms with Crippen molar-refractivity contribution in [1.82, 2.24) is 14.8 Å². The van der Waals surface area contributed by atoms with E-state index in [4.69, 9.17) is 5.73 Å². The predicted octanol–water partition coefficient (Wildman–Crippen LogP) is 1.10. The zero-order valence-electron chi connectivity index (χ0n) is 13.0. The van der Waals surface area contributed by atoms with Gasteiger partial charge in [-0.15, -0.1) is 0 Å². The number of rotatable bonds is 6. The second-order valence-corrected chi connectivity index (χ2v) is 6.13. The Morgan fingerprint density at radius 2 is 2.19 bits per heavy atom. The van der Waals surface area contributed by atoms with Gasteiger partial charge in [0.15, 0.2) is 0 Å². The summed E-state index contributed by atoms with van der Waals surface area (Å²) in [5.74, 6) is 0.189. The molecular weight excluding hydrogens is 264 g/mol. The third-order valence-corrected chi connectivity index (χ3v) is 4.11. The number of nitrogens with zero attached hydrogens (tertiary/aromatic N) is 3. The smallest absolute Gasteiger partial charge is 0.227 e. The van der Waals surface area contributed by atoms with E-state index in [2.05, 4.69) is 9.88 Å². The molecular formula is C16H26N4O. The summed E-state index contributed by atoms with van der Waals surface area (Å²) in [6.45, 7) is 2.20. The number of likely N-dealkylation sites (N-methyl/N-ethyl adjacent to an activating group) is 1. The highest BCUT2D eigenvalue weighted by Crippen LogP contribution is 2.26. The molecule has 5 heteroatoms. The highest BCUT2D eigenvalue weighted by Gasteiger charge is 2.33. The zero-order valence-corrected chi connectivity index (χ0v) is 13.0. The van der Waals surface area contributed by atoms with Crippen LogP contribution < -0.4 is 5.73 Å². The van der Waals surface area contributed by atoms with Crippen LogP contribution in [0.5, 0.6) is 0 Å². The number of carbonyl (C=O) groups is 1. The molecule has 2 N–H and O–H groups in total. The van der Waals surface area contributed by atoms with E-state index in [1.165, 1.54) is 0 Å². The van der Waals surface area contributed by atoms with Crippen LogP contribution in [0.1, 0.15) is 24.8 Å². The molecule has 1 heterocycles. The Bertz CT molecular complexity index is 449.